The monoisotopic (exact) mass is 264 g/mol. The molecule has 5 heteroatoms. The lowest BCUT2D eigenvalue weighted by molar-refractivity contribution is -0.118. The van der Waals surface area contributed by atoms with Crippen molar-refractivity contribution in [3.63, 3.8) is 0 Å². The summed E-state index contributed by atoms with van der Waals surface area (Å²) in [6, 6.07) is 5.82. The van der Waals surface area contributed by atoms with Gasteiger partial charge >= 0.3 is 0 Å². The number of amides is 1. The Bertz CT molecular complexity index is 448. The molecule has 1 aliphatic rings. The van der Waals surface area contributed by atoms with Crippen LogP contribution in [0, 0.1) is 0 Å². The van der Waals surface area contributed by atoms with Gasteiger partial charge in [0.05, 0.1) is 11.8 Å². The van der Waals surface area contributed by atoms with Crippen molar-refractivity contribution in [2.75, 3.05) is 25.1 Å². The maximum atomic E-state index is 11.2. The van der Waals surface area contributed by atoms with Crippen LogP contribution in [0.15, 0.2) is 18.2 Å². The molecular formula is C14H20N2O3. The molecule has 0 fully saturated rings. The first-order valence-electron chi connectivity index (χ1n) is 6.57. The van der Waals surface area contributed by atoms with Crippen molar-refractivity contribution < 1.29 is 14.3 Å². The molecule has 0 aromatic heterocycles. The van der Waals surface area contributed by atoms with Crippen LogP contribution in [0.2, 0.25) is 0 Å². The molecule has 0 radical (unpaired) electrons. The topological polar surface area (TPSA) is 59.6 Å². The smallest absolute Gasteiger partial charge is 0.262 e. The maximum absolute atomic E-state index is 11.2. The number of benzene rings is 1. The number of nitrogens with one attached hydrogen (secondary N) is 2. The average molecular weight is 264 g/mol. The first kappa shape index (κ1) is 13.8. The van der Waals surface area contributed by atoms with Crippen LogP contribution in [-0.4, -0.2) is 31.8 Å². The summed E-state index contributed by atoms with van der Waals surface area (Å²) in [5, 5.41) is 6.13. The molecule has 0 saturated carbocycles. The van der Waals surface area contributed by atoms with Gasteiger partial charge in [-0.2, -0.15) is 0 Å². The minimum absolute atomic E-state index is 0.0937. The molecule has 2 rings (SSSR count). The van der Waals surface area contributed by atoms with Gasteiger partial charge in [0.1, 0.15) is 5.75 Å². The molecule has 1 aromatic carbocycles. The Balaban J connectivity index is 1.88. The highest BCUT2D eigenvalue weighted by Crippen LogP contribution is 2.28. The lowest BCUT2D eigenvalue weighted by atomic mass is 10.1. The molecule has 0 saturated heterocycles. The van der Waals surface area contributed by atoms with Crippen molar-refractivity contribution in [1.82, 2.24) is 5.32 Å². The Morgan fingerprint density at radius 1 is 1.53 bits per heavy atom. The van der Waals surface area contributed by atoms with Crippen molar-refractivity contribution in [3.8, 4) is 5.75 Å². The van der Waals surface area contributed by atoms with Crippen LogP contribution in [0.4, 0.5) is 5.69 Å². The zero-order chi connectivity index (χ0) is 13.7. The van der Waals surface area contributed by atoms with E-state index in [1.807, 2.05) is 32.0 Å². The molecule has 1 unspecified atom stereocenters. The van der Waals surface area contributed by atoms with Crippen LogP contribution in [0.5, 0.6) is 5.75 Å². The number of ether oxygens (including phenoxy) is 2. The van der Waals surface area contributed by atoms with Gasteiger partial charge in [0.15, 0.2) is 6.61 Å². The third kappa shape index (κ3) is 3.94. The molecule has 0 aliphatic carbocycles. The van der Waals surface area contributed by atoms with Crippen LogP contribution in [0.3, 0.4) is 0 Å². The third-order valence-corrected chi connectivity index (χ3v) is 2.89. The minimum atomic E-state index is -0.109. The fourth-order valence-electron chi connectivity index (χ4n) is 2.00. The minimum Gasteiger partial charge on any atom is -0.482 e. The zero-order valence-electron chi connectivity index (χ0n) is 11.4. The summed E-state index contributed by atoms with van der Waals surface area (Å²) in [4.78, 5) is 11.2. The number of hydrogen-bond donors (Lipinski definition) is 2. The first-order valence-corrected chi connectivity index (χ1v) is 6.57. The second-order valence-corrected chi connectivity index (χ2v) is 4.56. The summed E-state index contributed by atoms with van der Waals surface area (Å²) < 4.78 is 10.8. The largest absolute Gasteiger partial charge is 0.482 e. The molecule has 2 N–H and O–H groups in total. The molecule has 1 aliphatic heterocycles. The summed E-state index contributed by atoms with van der Waals surface area (Å²) in [6.45, 7) is 6.38. The highest BCUT2D eigenvalue weighted by atomic mass is 16.5. The number of fused-ring (bicyclic) bond motifs is 1. The highest BCUT2D eigenvalue weighted by Gasteiger charge is 2.15. The zero-order valence-corrected chi connectivity index (χ0v) is 11.4. The van der Waals surface area contributed by atoms with Crippen molar-refractivity contribution in [2.24, 2.45) is 0 Å². The van der Waals surface area contributed by atoms with Crippen LogP contribution in [0.1, 0.15) is 19.4 Å². The number of rotatable bonds is 6. The van der Waals surface area contributed by atoms with Gasteiger partial charge in [0.25, 0.3) is 5.91 Å². The van der Waals surface area contributed by atoms with Gasteiger partial charge in [-0.05, 0) is 31.5 Å². The van der Waals surface area contributed by atoms with E-state index in [0.29, 0.717) is 0 Å². The molecule has 104 valence electrons. The Morgan fingerprint density at radius 2 is 2.37 bits per heavy atom. The van der Waals surface area contributed by atoms with E-state index in [0.717, 1.165) is 36.7 Å². The van der Waals surface area contributed by atoms with Crippen molar-refractivity contribution in [1.29, 1.82) is 0 Å². The SMILES string of the molecule is CCOC(C)CNCc1ccc2c(c1)NC(=O)CO2. The molecule has 1 aromatic rings. The quantitative estimate of drug-likeness (QED) is 0.818. The molecule has 1 amide bonds. The number of anilines is 1. The third-order valence-electron chi connectivity index (χ3n) is 2.89. The van der Waals surface area contributed by atoms with E-state index >= 15 is 0 Å². The standard InChI is InChI=1S/C14H20N2O3/c1-3-18-10(2)7-15-8-11-4-5-13-12(6-11)16-14(17)9-19-13/h4-6,10,15H,3,7-9H2,1-2H3,(H,16,17). The fourth-order valence-corrected chi connectivity index (χ4v) is 2.00. The van der Waals surface area contributed by atoms with Crippen molar-refractivity contribution in [2.45, 2.75) is 26.5 Å². The van der Waals surface area contributed by atoms with Crippen molar-refractivity contribution >= 4 is 11.6 Å². The van der Waals surface area contributed by atoms with E-state index in [2.05, 4.69) is 10.6 Å². The summed E-state index contributed by atoms with van der Waals surface area (Å²) in [7, 11) is 0. The average Bonchev–Trinajstić information content (AvgIpc) is 2.38. The maximum Gasteiger partial charge on any atom is 0.262 e. The number of hydrogen-bond acceptors (Lipinski definition) is 4. The predicted octanol–water partition coefficient (Wildman–Crippen LogP) is 1.53. The summed E-state index contributed by atoms with van der Waals surface area (Å²) in [5.74, 6) is 0.619. The Morgan fingerprint density at radius 3 is 3.16 bits per heavy atom. The predicted molar refractivity (Wildman–Crippen MR) is 73.4 cm³/mol. The van der Waals surface area contributed by atoms with Gasteiger partial charge in [-0.25, -0.2) is 0 Å². The number of carbonyl (C=O) groups excluding carboxylic acids is 1. The Hall–Kier alpha value is -1.59. The molecule has 0 spiro atoms. The Kier molecular flexibility index (Phi) is 4.76. The summed E-state index contributed by atoms with van der Waals surface area (Å²) in [6.07, 6.45) is 0.200. The molecule has 5 nitrogen and oxygen atoms in total. The van der Waals surface area contributed by atoms with Gasteiger partial charge in [-0.3, -0.25) is 4.79 Å². The van der Waals surface area contributed by atoms with Gasteiger partial charge in [-0.1, -0.05) is 6.07 Å². The molecule has 1 heterocycles. The van der Waals surface area contributed by atoms with Crippen LogP contribution < -0.4 is 15.4 Å². The summed E-state index contributed by atoms with van der Waals surface area (Å²) >= 11 is 0. The Labute approximate surface area is 113 Å². The van der Waals surface area contributed by atoms with Gasteiger partial charge in [0.2, 0.25) is 0 Å². The van der Waals surface area contributed by atoms with Gasteiger partial charge in [0, 0.05) is 19.7 Å². The lowest BCUT2D eigenvalue weighted by Gasteiger charge is -2.19. The fraction of sp³-hybridized carbons (Fsp3) is 0.500. The first-order chi connectivity index (χ1) is 9.19. The van der Waals surface area contributed by atoms with E-state index in [-0.39, 0.29) is 18.6 Å². The lowest BCUT2D eigenvalue weighted by Crippen LogP contribution is -2.27. The molecule has 0 bridgehead atoms. The van der Waals surface area contributed by atoms with Gasteiger partial charge < -0.3 is 20.1 Å². The van der Waals surface area contributed by atoms with E-state index < -0.39 is 0 Å². The van der Waals surface area contributed by atoms with Crippen LogP contribution >= 0.6 is 0 Å². The summed E-state index contributed by atoms with van der Waals surface area (Å²) in [5.41, 5.74) is 1.85. The molecular weight excluding hydrogens is 244 g/mol. The van der Waals surface area contributed by atoms with Crippen LogP contribution in [0.25, 0.3) is 0 Å². The van der Waals surface area contributed by atoms with Gasteiger partial charge in [-0.15, -0.1) is 0 Å². The molecule has 19 heavy (non-hydrogen) atoms. The molecule has 1 atom stereocenters. The van der Waals surface area contributed by atoms with E-state index in [1.54, 1.807) is 0 Å². The van der Waals surface area contributed by atoms with Crippen LogP contribution in [-0.2, 0) is 16.1 Å². The van der Waals surface area contributed by atoms with Crippen molar-refractivity contribution in [3.05, 3.63) is 23.8 Å². The van der Waals surface area contributed by atoms with E-state index in [4.69, 9.17) is 9.47 Å². The highest BCUT2D eigenvalue weighted by molar-refractivity contribution is 5.95. The number of carbonyl (C=O) groups is 1. The normalized spacial score (nSPS) is 15.4. The second-order valence-electron chi connectivity index (χ2n) is 4.56. The van der Waals surface area contributed by atoms with E-state index in [1.165, 1.54) is 0 Å². The second kappa shape index (κ2) is 6.54. The van der Waals surface area contributed by atoms with E-state index in [9.17, 15) is 4.79 Å².